The fourth-order valence-electron chi connectivity index (χ4n) is 1.91. The lowest BCUT2D eigenvalue weighted by molar-refractivity contribution is -0.115. The van der Waals surface area contributed by atoms with Crippen LogP contribution in [0.4, 0.5) is 0 Å². The number of aromatic nitrogens is 2. The Kier molecular flexibility index (Phi) is 4.07. The van der Waals surface area contributed by atoms with E-state index >= 15 is 0 Å². The van der Waals surface area contributed by atoms with Gasteiger partial charge in [0.15, 0.2) is 0 Å². The van der Waals surface area contributed by atoms with Gasteiger partial charge >= 0.3 is 5.69 Å². The van der Waals surface area contributed by atoms with Crippen LogP contribution in [0.5, 0.6) is 5.88 Å². The second kappa shape index (κ2) is 5.80. The first-order valence-corrected chi connectivity index (χ1v) is 6.52. The molecule has 2 aromatic rings. The summed E-state index contributed by atoms with van der Waals surface area (Å²) in [4.78, 5) is 40.2. The van der Waals surface area contributed by atoms with Crippen molar-refractivity contribution in [2.45, 2.75) is 20.8 Å². The van der Waals surface area contributed by atoms with E-state index in [2.05, 4.69) is 9.98 Å². The van der Waals surface area contributed by atoms with E-state index < -0.39 is 23.0 Å². The molecule has 0 aliphatic carbocycles. The first kappa shape index (κ1) is 15.4. The molecule has 114 valence electrons. The summed E-state index contributed by atoms with van der Waals surface area (Å²) in [5.74, 6) is -1.09. The maximum Gasteiger partial charge on any atom is 0.335 e. The standard InChI is InChI=1S/C15H15N3O4/c1-8-4-5-11(6-9(8)2)18-14(21)12(7-16-10(3)19)13(20)17-15(18)22/h4-7,21H,1-3H3,(H,17,20,22). The molecule has 0 aliphatic heterocycles. The molecule has 0 bridgehead atoms. The highest BCUT2D eigenvalue weighted by atomic mass is 16.3. The zero-order valence-corrected chi connectivity index (χ0v) is 12.4. The number of benzene rings is 1. The number of carbonyl (C=O) groups excluding carboxylic acids is 1. The lowest BCUT2D eigenvalue weighted by Crippen LogP contribution is -2.31. The molecule has 2 N–H and O–H groups in total. The molecule has 7 nitrogen and oxygen atoms in total. The van der Waals surface area contributed by atoms with Crippen molar-refractivity contribution in [2.75, 3.05) is 0 Å². The van der Waals surface area contributed by atoms with Crippen LogP contribution in [0.2, 0.25) is 0 Å². The van der Waals surface area contributed by atoms with E-state index in [1.165, 1.54) is 6.92 Å². The maximum atomic E-state index is 12.0. The Bertz CT molecular complexity index is 891. The van der Waals surface area contributed by atoms with E-state index in [1.54, 1.807) is 18.2 Å². The summed E-state index contributed by atoms with van der Waals surface area (Å²) >= 11 is 0. The topological polar surface area (TPSA) is 105 Å². The normalized spacial score (nSPS) is 11.0. The molecule has 0 spiro atoms. The first-order valence-electron chi connectivity index (χ1n) is 6.52. The molecule has 22 heavy (non-hydrogen) atoms. The average Bonchev–Trinajstić information content (AvgIpc) is 2.41. The van der Waals surface area contributed by atoms with Gasteiger partial charge in [0.1, 0.15) is 5.56 Å². The van der Waals surface area contributed by atoms with Crippen molar-refractivity contribution in [3.05, 3.63) is 55.7 Å². The third kappa shape index (κ3) is 2.88. The van der Waals surface area contributed by atoms with Crippen LogP contribution in [0.1, 0.15) is 23.6 Å². The number of amides is 1. The highest BCUT2D eigenvalue weighted by Crippen LogP contribution is 2.18. The summed E-state index contributed by atoms with van der Waals surface area (Å²) in [6, 6.07) is 5.15. The summed E-state index contributed by atoms with van der Waals surface area (Å²) in [6.07, 6.45) is 0.938. The second-order valence-corrected chi connectivity index (χ2v) is 4.88. The number of carbonyl (C=O) groups is 1. The van der Waals surface area contributed by atoms with Gasteiger partial charge < -0.3 is 5.11 Å². The molecule has 0 radical (unpaired) electrons. The molecule has 2 rings (SSSR count). The van der Waals surface area contributed by atoms with Crippen molar-refractivity contribution >= 4 is 12.1 Å². The minimum Gasteiger partial charge on any atom is -0.493 e. The fraction of sp³-hybridized carbons (Fsp3) is 0.200. The number of aromatic amines is 1. The third-order valence-corrected chi connectivity index (χ3v) is 3.25. The molecule has 0 saturated heterocycles. The summed E-state index contributed by atoms with van der Waals surface area (Å²) < 4.78 is 0.954. The van der Waals surface area contributed by atoms with Crippen molar-refractivity contribution in [1.29, 1.82) is 0 Å². The second-order valence-electron chi connectivity index (χ2n) is 4.88. The van der Waals surface area contributed by atoms with Gasteiger partial charge in [-0.25, -0.2) is 14.4 Å². The Morgan fingerprint density at radius 2 is 1.95 bits per heavy atom. The molecular formula is C15H15N3O4. The Morgan fingerprint density at radius 3 is 2.55 bits per heavy atom. The minimum absolute atomic E-state index is 0.256. The summed E-state index contributed by atoms with van der Waals surface area (Å²) in [7, 11) is 0. The molecule has 7 heteroatoms. The zero-order chi connectivity index (χ0) is 16.4. The zero-order valence-electron chi connectivity index (χ0n) is 12.4. The van der Waals surface area contributed by atoms with E-state index in [1.807, 2.05) is 13.8 Å². The smallest absolute Gasteiger partial charge is 0.335 e. The highest BCUT2D eigenvalue weighted by Gasteiger charge is 2.14. The molecule has 0 unspecified atom stereocenters. The molecule has 1 aromatic carbocycles. The predicted molar refractivity (Wildman–Crippen MR) is 82.1 cm³/mol. The third-order valence-electron chi connectivity index (χ3n) is 3.25. The molecular weight excluding hydrogens is 286 g/mol. The molecule has 1 amide bonds. The SMILES string of the molecule is CC(=O)N=Cc1c(O)n(-c2ccc(C)c(C)c2)c(=O)[nH]c1=O. The van der Waals surface area contributed by atoms with Gasteiger partial charge in [0, 0.05) is 13.1 Å². The lowest BCUT2D eigenvalue weighted by atomic mass is 10.1. The summed E-state index contributed by atoms with van der Waals surface area (Å²) in [6.45, 7) is 4.99. The fourth-order valence-corrected chi connectivity index (χ4v) is 1.91. The van der Waals surface area contributed by atoms with E-state index in [0.29, 0.717) is 5.69 Å². The van der Waals surface area contributed by atoms with Crippen molar-refractivity contribution < 1.29 is 9.90 Å². The first-order chi connectivity index (χ1) is 10.3. The van der Waals surface area contributed by atoms with Crippen LogP contribution in [0.15, 0.2) is 32.8 Å². The number of H-pyrrole nitrogens is 1. The number of aryl methyl sites for hydroxylation is 2. The quantitative estimate of drug-likeness (QED) is 0.801. The van der Waals surface area contributed by atoms with Crippen molar-refractivity contribution in [3.63, 3.8) is 0 Å². The number of nitrogens with one attached hydrogen (secondary N) is 1. The Balaban J connectivity index is 2.73. The molecule has 0 atom stereocenters. The van der Waals surface area contributed by atoms with Gasteiger partial charge in [-0.3, -0.25) is 14.6 Å². The number of rotatable bonds is 2. The van der Waals surface area contributed by atoms with Gasteiger partial charge in [-0.2, -0.15) is 0 Å². The Hall–Kier alpha value is -2.96. The van der Waals surface area contributed by atoms with Gasteiger partial charge in [0.05, 0.1) is 5.69 Å². The average molecular weight is 301 g/mol. The maximum absolute atomic E-state index is 12.0. The summed E-state index contributed by atoms with van der Waals surface area (Å²) in [5, 5.41) is 10.2. The van der Waals surface area contributed by atoms with Crippen molar-refractivity contribution in [2.24, 2.45) is 4.99 Å². The molecule has 1 heterocycles. The lowest BCUT2D eigenvalue weighted by Gasteiger charge is -2.11. The Morgan fingerprint density at radius 1 is 1.27 bits per heavy atom. The van der Waals surface area contributed by atoms with Crippen LogP contribution in [0, 0.1) is 13.8 Å². The molecule has 0 saturated carbocycles. The number of nitrogens with zero attached hydrogens (tertiary/aromatic N) is 2. The van der Waals surface area contributed by atoms with Crippen LogP contribution in [0.3, 0.4) is 0 Å². The largest absolute Gasteiger partial charge is 0.493 e. The molecule has 0 aliphatic rings. The van der Waals surface area contributed by atoms with Crippen molar-refractivity contribution in [1.82, 2.24) is 9.55 Å². The minimum atomic E-state index is -0.812. The van der Waals surface area contributed by atoms with Gasteiger partial charge in [-0.05, 0) is 37.1 Å². The number of hydrogen-bond donors (Lipinski definition) is 2. The van der Waals surface area contributed by atoms with Crippen LogP contribution >= 0.6 is 0 Å². The predicted octanol–water partition coefficient (Wildman–Crippen LogP) is 0.814. The van der Waals surface area contributed by atoms with Crippen LogP contribution < -0.4 is 11.2 Å². The highest BCUT2D eigenvalue weighted by molar-refractivity contribution is 5.91. The molecule has 1 aromatic heterocycles. The van der Waals surface area contributed by atoms with E-state index in [9.17, 15) is 19.5 Å². The van der Waals surface area contributed by atoms with Crippen LogP contribution in [-0.2, 0) is 4.79 Å². The number of aliphatic imine (C=N–C) groups is 1. The Labute approximate surface area is 125 Å². The van der Waals surface area contributed by atoms with Crippen molar-refractivity contribution in [3.8, 4) is 11.6 Å². The monoisotopic (exact) mass is 301 g/mol. The van der Waals surface area contributed by atoms with Gasteiger partial charge in [0.2, 0.25) is 11.8 Å². The summed E-state index contributed by atoms with van der Waals surface area (Å²) in [5.41, 5.74) is 0.513. The van der Waals surface area contributed by atoms with E-state index in [0.717, 1.165) is 21.9 Å². The number of aromatic hydroxyl groups is 1. The van der Waals surface area contributed by atoms with Crippen LogP contribution in [0.25, 0.3) is 5.69 Å². The number of hydrogen-bond acceptors (Lipinski definition) is 4. The molecule has 0 fully saturated rings. The van der Waals surface area contributed by atoms with E-state index in [-0.39, 0.29) is 5.56 Å². The van der Waals surface area contributed by atoms with Gasteiger partial charge in [-0.1, -0.05) is 6.07 Å². The van der Waals surface area contributed by atoms with Crippen LogP contribution in [-0.4, -0.2) is 26.8 Å². The van der Waals surface area contributed by atoms with E-state index in [4.69, 9.17) is 0 Å². The van der Waals surface area contributed by atoms with Gasteiger partial charge in [0.25, 0.3) is 5.56 Å². The van der Waals surface area contributed by atoms with Gasteiger partial charge in [-0.15, -0.1) is 0 Å².